The highest BCUT2D eigenvalue weighted by molar-refractivity contribution is 7.89. The Balaban J connectivity index is 3.19. The summed E-state index contributed by atoms with van der Waals surface area (Å²) < 4.78 is 25.1. The standard InChI is InChI=1S/C11H14Cl2N2O3S/c1-7(12)11(16)14-8-4-5-9(13)10(6-8)19(17,18)15(2)3/h4-7H,1-3H3,(H,14,16). The van der Waals surface area contributed by atoms with E-state index in [1.807, 2.05) is 0 Å². The first-order valence-electron chi connectivity index (χ1n) is 5.33. The van der Waals surface area contributed by atoms with Crippen molar-refractivity contribution in [1.29, 1.82) is 0 Å². The maximum Gasteiger partial charge on any atom is 0.244 e. The number of hydrogen-bond acceptors (Lipinski definition) is 3. The zero-order valence-corrected chi connectivity index (χ0v) is 13.0. The molecule has 1 aromatic carbocycles. The number of nitrogens with one attached hydrogen (secondary N) is 1. The second kappa shape index (κ2) is 6.09. The molecule has 106 valence electrons. The van der Waals surface area contributed by atoms with Crippen molar-refractivity contribution in [2.24, 2.45) is 0 Å². The molecule has 1 rings (SSSR count). The molecule has 0 aliphatic rings. The number of sulfonamides is 1. The molecule has 8 heteroatoms. The number of halogens is 2. The molecule has 0 bridgehead atoms. The fourth-order valence-electron chi connectivity index (χ4n) is 1.22. The summed E-state index contributed by atoms with van der Waals surface area (Å²) in [6.07, 6.45) is 0. The van der Waals surface area contributed by atoms with Crippen LogP contribution >= 0.6 is 23.2 Å². The fraction of sp³-hybridized carbons (Fsp3) is 0.364. The molecule has 0 aromatic heterocycles. The van der Waals surface area contributed by atoms with Crippen LogP contribution in [0.15, 0.2) is 23.1 Å². The second-order valence-electron chi connectivity index (χ2n) is 4.04. The number of amides is 1. The van der Waals surface area contributed by atoms with Gasteiger partial charge in [0, 0.05) is 19.8 Å². The lowest BCUT2D eigenvalue weighted by molar-refractivity contribution is -0.115. The number of alkyl halides is 1. The van der Waals surface area contributed by atoms with Gasteiger partial charge in [0.25, 0.3) is 0 Å². The summed E-state index contributed by atoms with van der Waals surface area (Å²) in [5.74, 6) is -0.419. The SMILES string of the molecule is CC(Cl)C(=O)Nc1ccc(Cl)c(S(=O)(=O)N(C)C)c1. The molecule has 0 spiro atoms. The maximum absolute atomic E-state index is 12.0. The summed E-state index contributed by atoms with van der Waals surface area (Å²) in [5, 5.41) is 1.88. The maximum atomic E-state index is 12.0. The number of rotatable bonds is 4. The average Bonchev–Trinajstić information content (AvgIpc) is 2.30. The Kier molecular flexibility index (Phi) is 5.20. The Morgan fingerprint density at radius 1 is 1.37 bits per heavy atom. The fourth-order valence-corrected chi connectivity index (χ4v) is 2.67. The molecule has 1 amide bonds. The van der Waals surface area contributed by atoms with E-state index in [-0.39, 0.29) is 9.92 Å². The van der Waals surface area contributed by atoms with Crippen molar-refractivity contribution in [1.82, 2.24) is 4.31 Å². The predicted molar refractivity (Wildman–Crippen MR) is 76.3 cm³/mol. The van der Waals surface area contributed by atoms with Crippen LogP contribution in [0, 0.1) is 0 Å². The third-order valence-electron chi connectivity index (χ3n) is 2.32. The van der Waals surface area contributed by atoms with Gasteiger partial charge in [0.15, 0.2) is 0 Å². The van der Waals surface area contributed by atoms with Crippen LogP contribution in [-0.2, 0) is 14.8 Å². The topological polar surface area (TPSA) is 66.5 Å². The largest absolute Gasteiger partial charge is 0.325 e. The monoisotopic (exact) mass is 324 g/mol. The molecular weight excluding hydrogens is 311 g/mol. The van der Waals surface area contributed by atoms with E-state index in [0.717, 1.165) is 4.31 Å². The number of hydrogen-bond donors (Lipinski definition) is 1. The van der Waals surface area contributed by atoms with Gasteiger partial charge in [-0.15, -0.1) is 11.6 Å². The minimum atomic E-state index is -3.67. The lowest BCUT2D eigenvalue weighted by atomic mass is 10.3. The third kappa shape index (κ3) is 3.82. The highest BCUT2D eigenvalue weighted by Crippen LogP contribution is 2.26. The third-order valence-corrected chi connectivity index (χ3v) is 4.81. The molecule has 0 heterocycles. The van der Waals surface area contributed by atoms with E-state index in [2.05, 4.69) is 5.32 Å². The molecule has 0 fully saturated rings. The highest BCUT2D eigenvalue weighted by atomic mass is 35.5. The van der Waals surface area contributed by atoms with Gasteiger partial charge in [0.2, 0.25) is 15.9 Å². The number of anilines is 1. The molecule has 1 N–H and O–H groups in total. The van der Waals surface area contributed by atoms with Crippen LogP contribution in [0.25, 0.3) is 0 Å². The van der Waals surface area contributed by atoms with Crippen molar-refractivity contribution in [3.63, 3.8) is 0 Å². The van der Waals surface area contributed by atoms with Gasteiger partial charge in [-0.05, 0) is 25.1 Å². The zero-order valence-electron chi connectivity index (χ0n) is 10.6. The molecule has 0 radical (unpaired) electrons. The van der Waals surface area contributed by atoms with E-state index in [0.29, 0.717) is 5.69 Å². The molecular formula is C11H14Cl2N2O3S. The first-order chi connectivity index (χ1) is 8.66. The lowest BCUT2D eigenvalue weighted by Crippen LogP contribution is -2.23. The van der Waals surface area contributed by atoms with Crippen molar-refractivity contribution in [3.05, 3.63) is 23.2 Å². The van der Waals surface area contributed by atoms with Gasteiger partial charge in [-0.25, -0.2) is 12.7 Å². The van der Waals surface area contributed by atoms with Crippen LogP contribution in [0.3, 0.4) is 0 Å². The molecule has 0 saturated heterocycles. The molecule has 0 saturated carbocycles. The van der Waals surface area contributed by atoms with E-state index in [9.17, 15) is 13.2 Å². The van der Waals surface area contributed by atoms with Gasteiger partial charge in [0.1, 0.15) is 10.3 Å². The Hall–Kier alpha value is -0.820. The van der Waals surface area contributed by atoms with Crippen molar-refractivity contribution >= 4 is 44.8 Å². The molecule has 0 aliphatic heterocycles. The molecule has 5 nitrogen and oxygen atoms in total. The number of carbonyl (C=O) groups excluding carboxylic acids is 1. The predicted octanol–water partition coefficient (Wildman–Crippen LogP) is 2.16. The van der Waals surface area contributed by atoms with Gasteiger partial charge in [-0.2, -0.15) is 0 Å². The minimum absolute atomic E-state index is 0.0702. The highest BCUT2D eigenvalue weighted by Gasteiger charge is 2.21. The minimum Gasteiger partial charge on any atom is -0.325 e. The molecule has 1 aromatic rings. The van der Waals surface area contributed by atoms with Gasteiger partial charge in [-0.1, -0.05) is 11.6 Å². The normalized spacial score (nSPS) is 13.4. The molecule has 1 atom stereocenters. The average molecular weight is 325 g/mol. The molecule has 1 unspecified atom stereocenters. The van der Waals surface area contributed by atoms with E-state index < -0.39 is 21.3 Å². The first-order valence-corrected chi connectivity index (χ1v) is 7.58. The first kappa shape index (κ1) is 16.2. The van der Waals surface area contributed by atoms with Crippen LogP contribution in [0.4, 0.5) is 5.69 Å². The van der Waals surface area contributed by atoms with Crippen molar-refractivity contribution < 1.29 is 13.2 Å². The van der Waals surface area contributed by atoms with Gasteiger partial charge in [0.05, 0.1) is 5.02 Å². The summed E-state index contributed by atoms with van der Waals surface area (Å²) in [6, 6.07) is 4.22. The Bertz CT molecular complexity index is 586. The van der Waals surface area contributed by atoms with E-state index >= 15 is 0 Å². The number of carbonyl (C=O) groups is 1. The summed E-state index contributed by atoms with van der Waals surface area (Å²) >= 11 is 11.5. The van der Waals surface area contributed by atoms with Gasteiger partial charge < -0.3 is 5.32 Å². The Morgan fingerprint density at radius 2 is 1.95 bits per heavy atom. The van der Waals surface area contributed by atoms with E-state index in [1.165, 1.54) is 39.2 Å². The van der Waals surface area contributed by atoms with Crippen molar-refractivity contribution in [2.75, 3.05) is 19.4 Å². The van der Waals surface area contributed by atoms with Crippen LogP contribution in [0.1, 0.15) is 6.92 Å². The smallest absolute Gasteiger partial charge is 0.244 e. The van der Waals surface area contributed by atoms with Crippen molar-refractivity contribution in [2.45, 2.75) is 17.2 Å². The quantitative estimate of drug-likeness (QED) is 0.863. The van der Waals surface area contributed by atoms with Gasteiger partial charge >= 0.3 is 0 Å². The molecule has 19 heavy (non-hydrogen) atoms. The Morgan fingerprint density at radius 3 is 2.42 bits per heavy atom. The summed E-state index contributed by atoms with van der Waals surface area (Å²) in [4.78, 5) is 11.4. The van der Waals surface area contributed by atoms with Crippen LogP contribution in [0.2, 0.25) is 5.02 Å². The number of benzene rings is 1. The van der Waals surface area contributed by atoms with Crippen LogP contribution < -0.4 is 5.32 Å². The van der Waals surface area contributed by atoms with E-state index in [1.54, 1.807) is 0 Å². The van der Waals surface area contributed by atoms with E-state index in [4.69, 9.17) is 23.2 Å². The summed E-state index contributed by atoms with van der Waals surface area (Å²) in [5.41, 5.74) is 0.322. The zero-order chi connectivity index (χ0) is 14.8. The molecule has 0 aliphatic carbocycles. The van der Waals surface area contributed by atoms with Crippen LogP contribution in [-0.4, -0.2) is 38.1 Å². The van der Waals surface area contributed by atoms with Crippen molar-refractivity contribution in [3.8, 4) is 0 Å². The summed E-state index contributed by atoms with van der Waals surface area (Å²) in [7, 11) is -0.868. The van der Waals surface area contributed by atoms with Crippen LogP contribution in [0.5, 0.6) is 0 Å². The Labute approximate surface area is 122 Å². The summed E-state index contributed by atoms with van der Waals surface area (Å²) in [6.45, 7) is 1.52. The number of nitrogens with zero attached hydrogens (tertiary/aromatic N) is 1. The lowest BCUT2D eigenvalue weighted by Gasteiger charge is -2.14. The second-order valence-corrected chi connectivity index (χ2v) is 7.22. The van der Waals surface area contributed by atoms with Gasteiger partial charge in [-0.3, -0.25) is 4.79 Å².